The minimum absolute atomic E-state index is 0.0277. The average molecular weight is 333 g/mol. The lowest BCUT2D eigenvalue weighted by molar-refractivity contribution is -0.115. The second-order valence-electron chi connectivity index (χ2n) is 6.77. The van der Waals surface area contributed by atoms with Gasteiger partial charge in [-0.3, -0.25) is 4.79 Å². The first-order valence-corrected chi connectivity index (χ1v) is 9.98. The molecule has 126 valence electrons. The number of rotatable bonds is 5. The van der Waals surface area contributed by atoms with Gasteiger partial charge in [0.25, 0.3) is 0 Å². The molecule has 1 saturated heterocycles. The molecular formula is C19H28N2OS. The summed E-state index contributed by atoms with van der Waals surface area (Å²) in [6, 6.07) is 8.34. The third-order valence-electron chi connectivity index (χ3n) is 4.92. The van der Waals surface area contributed by atoms with Crippen LogP contribution in [-0.2, 0) is 4.79 Å². The van der Waals surface area contributed by atoms with Crippen LogP contribution in [0.1, 0.15) is 51.9 Å². The highest BCUT2D eigenvalue weighted by molar-refractivity contribution is 8.01. The van der Waals surface area contributed by atoms with Gasteiger partial charge in [0.05, 0.1) is 5.25 Å². The van der Waals surface area contributed by atoms with Gasteiger partial charge >= 0.3 is 0 Å². The van der Waals surface area contributed by atoms with E-state index in [1.54, 1.807) is 0 Å². The van der Waals surface area contributed by atoms with E-state index in [0.717, 1.165) is 18.8 Å². The molecule has 4 heteroatoms. The Morgan fingerprint density at radius 2 is 1.74 bits per heavy atom. The van der Waals surface area contributed by atoms with Crippen LogP contribution in [0.5, 0.6) is 0 Å². The van der Waals surface area contributed by atoms with Crippen LogP contribution < -0.4 is 10.2 Å². The van der Waals surface area contributed by atoms with Gasteiger partial charge in [-0.25, -0.2) is 0 Å². The number of piperidine rings is 1. The van der Waals surface area contributed by atoms with Crippen LogP contribution in [0.4, 0.5) is 11.4 Å². The van der Waals surface area contributed by atoms with Gasteiger partial charge < -0.3 is 10.2 Å². The third kappa shape index (κ3) is 4.66. The lowest BCUT2D eigenvalue weighted by atomic mass is 10.1. The number of hydrogen-bond acceptors (Lipinski definition) is 3. The van der Waals surface area contributed by atoms with E-state index in [2.05, 4.69) is 22.3 Å². The van der Waals surface area contributed by atoms with Crippen molar-refractivity contribution in [2.75, 3.05) is 23.3 Å². The van der Waals surface area contributed by atoms with Crippen molar-refractivity contribution >= 4 is 29.0 Å². The van der Waals surface area contributed by atoms with E-state index in [4.69, 9.17) is 0 Å². The molecule has 1 heterocycles. The van der Waals surface area contributed by atoms with E-state index in [1.807, 2.05) is 30.8 Å². The lowest BCUT2D eigenvalue weighted by Crippen LogP contribution is -2.29. The Labute approximate surface area is 144 Å². The van der Waals surface area contributed by atoms with Gasteiger partial charge in [-0.15, -0.1) is 11.8 Å². The average Bonchev–Trinajstić information content (AvgIpc) is 3.09. The molecule has 1 saturated carbocycles. The van der Waals surface area contributed by atoms with Crippen LogP contribution in [-0.4, -0.2) is 29.5 Å². The van der Waals surface area contributed by atoms with Gasteiger partial charge in [0.2, 0.25) is 5.91 Å². The molecule has 3 nitrogen and oxygen atoms in total. The van der Waals surface area contributed by atoms with Crippen molar-refractivity contribution in [2.45, 2.75) is 62.4 Å². The summed E-state index contributed by atoms with van der Waals surface area (Å²) in [7, 11) is 0. The van der Waals surface area contributed by atoms with E-state index in [-0.39, 0.29) is 11.2 Å². The molecule has 0 unspecified atom stereocenters. The first-order valence-electron chi connectivity index (χ1n) is 9.04. The topological polar surface area (TPSA) is 32.3 Å². The van der Waals surface area contributed by atoms with Crippen molar-refractivity contribution in [2.24, 2.45) is 0 Å². The lowest BCUT2D eigenvalue weighted by Gasteiger charge is -2.28. The van der Waals surface area contributed by atoms with Crippen LogP contribution in [0, 0.1) is 0 Å². The Morgan fingerprint density at radius 3 is 2.39 bits per heavy atom. The fourth-order valence-electron chi connectivity index (χ4n) is 3.53. The highest BCUT2D eigenvalue weighted by Crippen LogP contribution is 2.32. The quantitative estimate of drug-likeness (QED) is 0.849. The van der Waals surface area contributed by atoms with Gasteiger partial charge in [0.1, 0.15) is 0 Å². The second-order valence-corrected chi connectivity index (χ2v) is 8.41. The normalized spacial score (nSPS) is 20.5. The number of amides is 1. The first kappa shape index (κ1) is 16.7. The standard InChI is InChI=1S/C19H28N2OS/c1-15(23-18-7-3-4-8-18)19(22)20-16-9-11-17(12-10-16)21-13-5-2-6-14-21/h9-12,15,18H,2-8,13-14H2,1H3,(H,20,22)/t15-/m0/s1. The summed E-state index contributed by atoms with van der Waals surface area (Å²) in [6.07, 6.45) is 9.11. The Hall–Kier alpha value is -1.16. The fourth-order valence-corrected chi connectivity index (χ4v) is 4.89. The number of thioether (sulfide) groups is 1. The van der Waals surface area contributed by atoms with E-state index in [1.165, 1.54) is 50.6 Å². The van der Waals surface area contributed by atoms with Crippen molar-refractivity contribution < 1.29 is 4.79 Å². The molecule has 0 spiro atoms. The predicted octanol–water partition coefficient (Wildman–Crippen LogP) is 4.68. The number of anilines is 2. The van der Waals surface area contributed by atoms with Crippen molar-refractivity contribution in [1.82, 2.24) is 0 Å². The van der Waals surface area contributed by atoms with Crippen molar-refractivity contribution in [3.63, 3.8) is 0 Å². The molecule has 1 aromatic rings. The van der Waals surface area contributed by atoms with Crippen molar-refractivity contribution in [3.05, 3.63) is 24.3 Å². The van der Waals surface area contributed by atoms with Gasteiger partial charge in [-0.05, 0) is 63.3 Å². The Balaban J connectivity index is 1.51. The van der Waals surface area contributed by atoms with Crippen LogP contribution in [0.15, 0.2) is 24.3 Å². The molecule has 1 aliphatic carbocycles. The highest BCUT2D eigenvalue weighted by Gasteiger charge is 2.22. The zero-order valence-corrected chi connectivity index (χ0v) is 14.9. The van der Waals surface area contributed by atoms with E-state index >= 15 is 0 Å². The first-order chi connectivity index (χ1) is 11.2. The minimum atomic E-state index is 0.0277. The molecule has 1 aromatic carbocycles. The van der Waals surface area contributed by atoms with Gasteiger partial charge in [-0.1, -0.05) is 12.8 Å². The molecule has 3 rings (SSSR count). The van der Waals surface area contributed by atoms with Gasteiger partial charge in [0.15, 0.2) is 0 Å². The fraction of sp³-hybridized carbons (Fsp3) is 0.632. The van der Waals surface area contributed by atoms with Crippen molar-refractivity contribution in [1.29, 1.82) is 0 Å². The van der Waals surface area contributed by atoms with Crippen LogP contribution in [0.25, 0.3) is 0 Å². The van der Waals surface area contributed by atoms with Crippen molar-refractivity contribution in [3.8, 4) is 0 Å². The molecule has 1 N–H and O–H groups in total. The van der Waals surface area contributed by atoms with E-state index in [9.17, 15) is 4.79 Å². The van der Waals surface area contributed by atoms with E-state index in [0.29, 0.717) is 5.25 Å². The number of carbonyl (C=O) groups is 1. The van der Waals surface area contributed by atoms with Gasteiger partial charge in [-0.2, -0.15) is 0 Å². The zero-order valence-electron chi connectivity index (χ0n) is 14.1. The molecule has 2 fully saturated rings. The molecule has 2 aliphatic rings. The summed E-state index contributed by atoms with van der Waals surface area (Å²) < 4.78 is 0. The second kappa shape index (κ2) is 8.09. The molecule has 23 heavy (non-hydrogen) atoms. The molecule has 1 aliphatic heterocycles. The molecule has 0 aromatic heterocycles. The highest BCUT2D eigenvalue weighted by atomic mass is 32.2. The summed E-state index contributed by atoms with van der Waals surface area (Å²) in [5.41, 5.74) is 2.19. The van der Waals surface area contributed by atoms with Gasteiger partial charge in [0, 0.05) is 29.7 Å². The SMILES string of the molecule is C[C@H](SC1CCCC1)C(=O)Nc1ccc(N2CCCCC2)cc1. The summed E-state index contributed by atoms with van der Waals surface area (Å²) in [4.78, 5) is 14.8. The Bertz CT molecular complexity index is 505. The Kier molecular flexibility index (Phi) is 5.87. The number of carbonyl (C=O) groups excluding carboxylic acids is 1. The number of hydrogen-bond donors (Lipinski definition) is 1. The number of benzene rings is 1. The maximum Gasteiger partial charge on any atom is 0.237 e. The monoisotopic (exact) mass is 332 g/mol. The summed E-state index contributed by atoms with van der Waals surface area (Å²) in [5.74, 6) is 0.132. The zero-order chi connectivity index (χ0) is 16.1. The minimum Gasteiger partial charge on any atom is -0.372 e. The molecular weight excluding hydrogens is 304 g/mol. The number of nitrogens with zero attached hydrogens (tertiary/aromatic N) is 1. The van der Waals surface area contributed by atoms with Crippen LogP contribution in [0.2, 0.25) is 0 Å². The number of nitrogens with one attached hydrogen (secondary N) is 1. The Morgan fingerprint density at radius 1 is 1.09 bits per heavy atom. The maximum absolute atomic E-state index is 12.3. The maximum atomic E-state index is 12.3. The molecule has 0 radical (unpaired) electrons. The van der Waals surface area contributed by atoms with Crippen LogP contribution in [0.3, 0.4) is 0 Å². The molecule has 0 bridgehead atoms. The van der Waals surface area contributed by atoms with Crippen LogP contribution >= 0.6 is 11.8 Å². The predicted molar refractivity (Wildman–Crippen MR) is 100 cm³/mol. The third-order valence-corrected chi connectivity index (χ3v) is 6.40. The van der Waals surface area contributed by atoms with E-state index < -0.39 is 0 Å². The molecule has 1 amide bonds. The molecule has 1 atom stereocenters. The summed E-state index contributed by atoms with van der Waals surface area (Å²) >= 11 is 1.84. The summed E-state index contributed by atoms with van der Waals surface area (Å²) in [5, 5.41) is 3.77. The summed E-state index contributed by atoms with van der Waals surface area (Å²) in [6.45, 7) is 4.34. The smallest absolute Gasteiger partial charge is 0.237 e. The largest absolute Gasteiger partial charge is 0.372 e.